The van der Waals surface area contributed by atoms with Crippen LogP contribution in [0.5, 0.6) is 0 Å². The predicted octanol–water partition coefficient (Wildman–Crippen LogP) is 2.84. The van der Waals surface area contributed by atoms with Crippen molar-refractivity contribution in [3.8, 4) is 0 Å². The van der Waals surface area contributed by atoms with Crippen LogP contribution in [0.2, 0.25) is 0 Å². The lowest BCUT2D eigenvalue weighted by Crippen LogP contribution is -1.78. The summed E-state index contributed by atoms with van der Waals surface area (Å²) in [5.41, 5.74) is 1.44. The Morgan fingerprint density at radius 2 is 2.44 bits per heavy atom. The second kappa shape index (κ2) is 3.29. The number of hydrogen-bond acceptors (Lipinski definition) is 0. The van der Waals surface area contributed by atoms with Gasteiger partial charge in [0.1, 0.15) is 0 Å². The van der Waals surface area contributed by atoms with Crippen LogP contribution in [0.4, 0.5) is 0 Å². The van der Waals surface area contributed by atoms with Crippen molar-refractivity contribution >= 4 is 0 Å². The van der Waals surface area contributed by atoms with Crippen LogP contribution in [-0.2, 0) is 0 Å². The van der Waals surface area contributed by atoms with Gasteiger partial charge in [0.2, 0.25) is 0 Å². The Morgan fingerprint density at radius 1 is 1.56 bits per heavy atom. The first-order valence-corrected chi connectivity index (χ1v) is 3.45. The minimum absolute atomic E-state index is 1.12. The van der Waals surface area contributed by atoms with E-state index in [1.807, 2.05) is 0 Å². The highest BCUT2D eigenvalue weighted by atomic mass is 14.0. The molecule has 1 aliphatic carbocycles. The van der Waals surface area contributed by atoms with E-state index in [9.17, 15) is 0 Å². The first-order valence-electron chi connectivity index (χ1n) is 3.45. The highest BCUT2D eigenvalue weighted by Crippen LogP contribution is 2.09. The third-order valence-corrected chi connectivity index (χ3v) is 1.38. The highest BCUT2D eigenvalue weighted by molar-refractivity contribution is 5.29. The van der Waals surface area contributed by atoms with Gasteiger partial charge in [0.25, 0.3) is 0 Å². The van der Waals surface area contributed by atoms with Gasteiger partial charge in [-0.3, -0.25) is 0 Å². The average Bonchev–Trinajstić information content (AvgIpc) is 1.91. The van der Waals surface area contributed by atoms with E-state index in [1.54, 1.807) is 0 Å². The minimum atomic E-state index is 1.12. The van der Waals surface area contributed by atoms with Crippen LogP contribution >= 0.6 is 0 Å². The Kier molecular flexibility index (Phi) is 2.32. The molecule has 0 N–H and O–H groups in total. The monoisotopic (exact) mass is 120 g/mol. The van der Waals surface area contributed by atoms with Crippen molar-refractivity contribution in [3.63, 3.8) is 0 Å². The van der Waals surface area contributed by atoms with Gasteiger partial charge in [0.15, 0.2) is 0 Å². The molecule has 0 nitrogen and oxygen atoms in total. The molecule has 0 bridgehead atoms. The van der Waals surface area contributed by atoms with Gasteiger partial charge in [-0.2, -0.15) is 0 Å². The van der Waals surface area contributed by atoms with Gasteiger partial charge in [-0.25, -0.2) is 0 Å². The molecule has 0 heteroatoms. The van der Waals surface area contributed by atoms with E-state index in [0.29, 0.717) is 0 Å². The van der Waals surface area contributed by atoms with E-state index in [4.69, 9.17) is 0 Å². The summed E-state index contributed by atoms with van der Waals surface area (Å²) < 4.78 is 0. The SMILES string of the molecule is CC/C=C1\C=CC=CC1. The molecular weight excluding hydrogens is 108 g/mol. The topological polar surface area (TPSA) is 0 Å². The summed E-state index contributed by atoms with van der Waals surface area (Å²) in [6.07, 6.45) is 13.1. The van der Waals surface area contributed by atoms with Crippen molar-refractivity contribution in [2.45, 2.75) is 19.8 Å². The molecule has 0 radical (unpaired) electrons. The second-order valence-electron chi connectivity index (χ2n) is 2.18. The van der Waals surface area contributed by atoms with Gasteiger partial charge in [0, 0.05) is 0 Å². The van der Waals surface area contributed by atoms with Crippen molar-refractivity contribution in [1.82, 2.24) is 0 Å². The molecule has 0 aromatic carbocycles. The summed E-state index contributed by atoms with van der Waals surface area (Å²) in [5.74, 6) is 0. The molecular formula is C9H12. The van der Waals surface area contributed by atoms with Crippen LogP contribution in [0.1, 0.15) is 19.8 Å². The van der Waals surface area contributed by atoms with Crippen LogP contribution in [0.25, 0.3) is 0 Å². The molecule has 1 rings (SSSR count). The fraction of sp³-hybridized carbons (Fsp3) is 0.333. The summed E-state index contributed by atoms with van der Waals surface area (Å²) in [6, 6.07) is 0. The lowest BCUT2D eigenvalue weighted by molar-refractivity contribution is 1.15. The lowest BCUT2D eigenvalue weighted by Gasteiger charge is -1.99. The van der Waals surface area contributed by atoms with E-state index in [0.717, 1.165) is 12.8 Å². The van der Waals surface area contributed by atoms with Gasteiger partial charge in [-0.15, -0.1) is 0 Å². The third-order valence-electron chi connectivity index (χ3n) is 1.38. The quantitative estimate of drug-likeness (QED) is 0.499. The first-order chi connectivity index (χ1) is 4.43. The Hall–Kier alpha value is -0.780. The molecule has 0 fully saturated rings. The summed E-state index contributed by atoms with van der Waals surface area (Å²) in [4.78, 5) is 0. The van der Waals surface area contributed by atoms with Crippen LogP contribution in [0, 0.1) is 0 Å². The first kappa shape index (κ1) is 6.34. The maximum Gasteiger partial charge on any atom is -0.00975 e. The zero-order chi connectivity index (χ0) is 6.53. The third kappa shape index (κ3) is 1.88. The molecule has 0 heterocycles. The molecule has 0 aromatic rings. The smallest absolute Gasteiger partial charge is 0.00975 e. The molecule has 0 saturated heterocycles. The Morgan fingerprint density at radius 3 is 3.00 bits per heavy atom. The zero-order valence-corrected chi connectivity index (χ0v) is 5.80. The highest BCUT2D eigenvalue weighted by Gasteiger charge is 1.89. The number of rotatable bonds is 1. The molecule has 1 aliphatic rings. The molecule has 0 aromatic heterocycles. The van der Waals surface area contributed by atoms with Crippen LogP contribution in [-0.4, -0.2) is 0 Å². The van der Waals surface area contributed by atoms with Crippen molar-refractivity contribution in [1.29, 1.82) is 0 Å². The lowest BCUT2D eigenvalue weighted by atomic mass is 10.1. The Bertz CT molecular complexity index is 159. The molecule has 0 atom stereocenters. The minimum Gasteiger partial charge on any atom is -0.0813 e. The van der Waals surface area contributed by atoms with Gasteiger partial charge in [-0.05, 0) is 18.4 Å². The predicted molar refractivity (Wildman–Crippen MR) is 41.3 cm³/mol. The number of hydrogen-bond donors (Lipinski definition) is 0. The van der Waals surface area contributed by atoms with Crippen molar-refractivity contribution < 1.29 is 0 Å². The summed E-state index contributed by atoms with van der Waals surface area (Å²) >= 11 is 0. The molecule has 0 saturated carbocycles. The summed E-state index contributed by atoms with van der Waals surface area (Å²) in [6.45, 7) is 2.17. The van der Waals surface area contributed by atoms with E-state index in [1.165, 1.54) is 5.57 Å². The maximum absolute atomic E-state index is 2.26. The standard InChI is InChI=1S/C9H12/c1-2-6-9-7-4-3-5-8-9/h3-7H,2,8H2,1H3/b9-6+. The largest absolute Gasteiger partial charge is 0.0813 e. The fourth-order valence-corrected chi connectivity index (χ4v) is 0.943. The second-order valence-corrected chi connectivity index (χ2v) is 2.18. The van der Waals surface area contributed by atoms with Gasteiger partial charge in [0.05, 0.1) is 0 Å². The van der Waals surface area contributed by atoms with Gasteiger partial charge < -0.3 is 0 Å². The summed E-state index contributed by atoms with van der Waals surface area (Å²) in [5, 5.41) is 0. The van der Waals surface area contributed by atoms with E-state index >= 15 is 0 Å². The fourth-order valence-electron chi connectivity index (χ4n) is 0.943. The van der Waals surface area contributed by atoms with Crippen LogP contribution in [0.15, 0.2) is 36.0 Å². The van der Waals surface area contributed by atoms with E-state index < -0.39 is 0 Å². The molecule has 0 unspecified atom stereocenters. The van der Waals surface area contributed by atoms with Crippen molar-refractivity contribution in [3.05, 3.63) is 36.0 Å². The van der Waals surface area contributed by atoms with Crippen molar-refractivity contribution in [2.24, 2.45) is 0 Å². The molecule has 0 amide bonds. The van der Waals surface area contributed by atoms with Crippen LogP contribution < -0.4 is 0 Å². The molecule has 48 valence electrons. The normalized spacial score (nSPS) is 21.2. The van der Waals surface area contributed by atoms with Crippen LogP contribution in [0.3, 0.4) is 0 Å². The average molecular weight is 120 g/mol. The number of allylic oxidation sites excluding steroid dienone is 6. The Labute approximate surface area is 56.6 Å². The van der Waals surface area contributed by atoms with E-state index in [-0.39, 0.29) is 0 Å². The van der Waals surface area contributed by atoms with E-state index in [2.05, 4.69) is 37.3 Å². The zero-order valence-electron chi connectivity index (χ0n) is 5.80. The Balaban J connectivity index is 2.55. The molecule has 9 heavy (non-hydrogen) atoms. The van der Waals surface area contributed by atoms with Gasteiger partial charge >= 0.3 is 0 Å². The molecule has 0 aliphatic heterocycles. The maximum atomic E-state index is 2.26. The van der Waals surface area contributed by atoms with Gasteiger partial charge in [-0.1, -0.05) is 37.3 Å². The van der Waals surface area contributed by atoms with Crippen molar-refractivity contribution in [2.75, 3.05) is 0 Å². The molecule has 0 spiro atoms. The summed E-state index contributed by atoms with van der Waals surface area (Å²) in [7, 11) is 0.